The number of aliphatic hydroxyl groups excluding tert-OH is 2. The van der Waals surface area contributed by atoms with Crippen molar-refractivity contribution in [3.63, 3.8) is 0 Å². The predicted molar refractivity (Wildman–Crippen MR) is 102 cm³/mol. The van der Waals surface area contributed by atoms with Crippen molar-refractivity contribution < 1.29 is 24.5 Å². The predicted octanol–water partition coefficient (Wildman–Crippen LogP) is 2.80. The molecule has 5 heteroatoms. The topological polar surface area (TPSA) is 83.8 Å². The summed E-state index contributed by atoms with van der Waals surface area (Å²) in [6.07, 6.45) is 3.20. The third-order valence-corrected chi connectivity index (χ3v) is 7.20. The summed E-state index contributed by atoms with van der Waals surface area (Å²) in [5, 5.41) is 21.5. The van der Waals surface area contributed by atoms with Crippen molar-refractivity contribution in [2.75, 3.05) is 0 Å². The third-order valence-electron chi connectivity index (χ3n) is 7.20. The average molecular weight is 376 g/mol. The molecule has 3 aliphatic rings. The Morgan fingerprint density at radius 2 is 1.81 bits per heavy atom. The van der Waals surface area contributed by atoms with Crippen molar-refractivity contribution in [1.82, 2.24) is 0 Å². The molecule has 0 aromatic rings. The number of allylic oxidation sites excluding steroid dienone is 1. The molecule has 2 N–H and O–H groups in total. The van der Waals surface area contributed by atoms with Crippen LogP contribution in [0.15, 0.2) is 23.3 Å². The number of aliphatic hydroxyl groups is 2. The second-order valence-corrected chi connectivity index (χ2v) is 9.48. The Labute approximate surface area is 161 Å². The van der Waals surface area contributed by atoms with Gasteiger partial charge in [0.25, 0.3) is 0 Å². The highest BCUT2D eigenvalue weighted by atomic mass is 16.6. The lowest BCUT2D eigenvalue weighted by Gasteiger charge is -2.33. The minimum absolute atomic E-state index is 0.0263. The molecule has 0 bridgehead atoms. The third kappa shape index (κ3) is 3.19. The van der Waals surface area contributed by atoms with Gasteiger partial charge in [0.15, 0.2) is 5.60 Å². The van der Waals surface area contributed by atoms with E-state index in [0.717, 1.165) is 5.57 Å². The molecule has 0 saturated heterocycles. The van der Waals surface area contributed by atoms with Gasteiger partial charge in [-0.15, -0.1) is 0 Å². The summed E-state index contributed by atoms with van der Waals surface area (Å²) in [5.41, 5.74) is -0.0899. The summed E-state index contributed by atoms with van der Waals surface area (Å²) in [7, 11) is 0. The summed E-state index contributed by atoms with van der Waals surface area (Å²) in [5.74, 6) is -1.12. The lowest BCUT2D eigenvalue weighted by atomic mass is 9.81. The monoisotopic (exact) mass is 376 g/mol. The van der Waals surface area contributed by atoms with E-state index < -0.39 is 29.7 Å². The number of rotatable bonds is 1. The van der Waals surface area contributed by atoms with E-state index in [4.69, 9.17) is 4.74 Å². The van der Waals surface area contributed by atoms with Crippen LogP contribution in [-0.2, 0) is 14.3 Å². The van der Waals surface area contributed by atoms with Crippen LogP contribution < -0.4 is 0 Å². The molecule has 3 aliphatic carbocycles. The maximum atomic E-state index is 13.5. The van der Waals surface area contributed by atoms with Crippen molar-refractivity contribution in [3.05, 3.63) is 23.3 Å². The molecule has 2 saturated carbocycles. The molecule has 0 amide bonds. The molecule has 0 heterocycles. The lowest BCUT2D eigenvalue weighted by molar-refractivity contribution is -0.168. The number of ether oxygens (including phenoxy) is 1. The molecule has 27 heavy (non-hydrogen) atoms. The molecule has 3 rings (SSSR count). The van der Waals surface area contributed by atoms with Gasteiger partial charge in [0.1, 0.15) is 0 Å². The van der Waals surface area contributed by atoms with Crippen LogP contribution in [0.1, 0.15) is 54.4 Å². The molecule has 7 atom stereocenters. The van der Waals surface area contributed by atoms with Crippen molar-refractivity contribution in [2.24, 2.45) is 29.1 Å². The summed E-state index contributed by atoms with van der Waals surface area (Å²) >= 11 is 0. The van der Waals surface area contributed by atoms with Crippen LogP contribution in [0, 0.1) is 29.1 Å². The molecular weight excluding hydrogens is 344 g/mol. The molecule has 0 spiro atoms. The van der Waals surface area contributed by atoms with E-state index in [2.05, 4.69) is 13.8 Å². The number of hydrogen-bond acceptors (Lipinski definition) is 5. The Balaban J connectivity index is 2.15. The van der Waals surface area contributed by atoms with Crippen LogP contribution in [-0.4, -0.2) is 39.8 Å². The fraction of sp³-hybridized carbons (Fsp3) is 0.727. The van der Waals surface area contributed by atoms with Crippen LogP contribution in [0.5, 0.6) is 0 Å². The van der Waals surface area contributed by atoms with Gasteiger partial charge in [0, 0.05) is 13.3 Å². The summed E-state index contributed by atoms with van der Waals surface area (Å²) in [4.78, 5) is 25.4. The number of ketones is 1. The van der Waals surface area contributed by atoms with Crippen molar-refractivity contribution in [2.45, 2.75) is 72.2 Å². The highest BCUT2D eigenvalue weighted by molar-refractivity contribution is 6.03. The highest BCUT2D eigenvalue weighted by Crippen LogP contribution is 2.62. The van der Waals surface area contributed by atoms with Gasteiger partial charge in [-0.1, -0.05) is 32.9 Å². The first-order valence-electron chi connectivity index (χ1n) is 9.89. The molecule has 0 aliphatic heterocycles. The zero-order chi connectivity index (χ0) is 20.3. The summed E-state index contributed by atoms with van der Waals surface area (Å²) < 4.78 is 5.67. The van der Waals surface area contributed by atoms with E-state index in [1.807, 2.05) is 19.9 Å². The zero-order valence-electron chi connectivity index (χ0n) is 17.2. The number of carbonyl (C=O) groups is 2. The van der Waals surface area contributed by atoms with Crippen molar-refractivity contribution in [3.8, 4) is 0 Å². The number of hydrogen-bond donors (Lipinski definition) is 2. The van der Waals surface area contributed by atoms with Crippen LogP contribution in [0.25, 0.3) is 0 Å². The molecule has 2 fully saturated rings. The standard InChI is InChI=1S/C22H32O5/c1-11-7-17-19(25)13(3)10-22(17,27-14(4)23)20(26)12(2)8-15-16(9-18(11)24)21(15,5)6/h7-8,13,15-19,24-25H,9-10H2,1-6H3/b11-7-,12-8-/t13-,15+,16-,17-,18+,19-,22+/m0/s1. The Morgan fingerprint density at radius 1 is 1.19 bits per heavy atom. The van der Waals surface area contributed by atoms with E-state index in [9.17, 15) is 19.8 Å². The first-order chi connectivity index (χ1) is 12.4. The van der Waals surface area contributed by atoms with E-state index in [-0.39, 0.29) is 29.5 Å². The van der Waals surface area contributed by atoms with Gasteiger partial charge in [-0.3, -0.25) is 9.59 Å². The molecule has 0 aromatic heterocycles. The summed E-state index contributed by atoms with van der Waals surface area (Å²) in [6.45, 7) is 11.1. The Hall–Kier alpha value is -1.46. The molecule has 0 aromatic carbocycles. The van der Waals surface area contributed by atoms with Gasteiger partial charge < -0.3 is 14.9 Å². The highest BCUT2D eigenvalue weighted by Gasteiger charge is 2.60. The SMILES string of the molecule is CC(=O)O[C@]12C[C@H](C)[C@H](O)[C@@H]1/C=C(/C)[C@H](O)C[C@H]1[C@@H](/C=C(/C)C2=O)C1(C)C. The van der Waals surface area contributed by atoms with E-state index in [1.54, 1.807) is 13.0 Å². The van der Waals surface area contributed by atoms with E-state index in [0.29, 0.717) is 17.9 Å². The maximum absolute atomic E-state index is 13.5. The number of carbonyl (C=O) groups excluding carboxylic acids is 2. The van der Waals surface area contributed by atoms with Crippen molar-refractivity contribution >= 4 is 11.8 Å². The van der Waals surface area contributed by atoms with E-state index in [1.165, 1.54) is 6.92 Å². The molecule has 0 unspecified atom stereocenters. The second-order valence-electron chi connectivity index (χ2n) is 9.48. The smallest absolute Gasteiger partial charge is 0.303 e. The Kier molecular flexibility index (Phi) is 4.92. The zero-order valence-corrected chi connectivity index (χ0v) is 17.2. The van der Waals surface area contributed by atoms with E-state index >= 15 is 0 Å². The first-order valence-corrected chi connectivity index (χ1v) is 9.89. The minimum Gasteiger partial charge on any atom is -0.450 e. The quantitative estimate of drug-likeness (QED) is 0.543. The maximum Gasteiger partial charge on any atom is 0.303 e. The molecule has 150 valence electrons. The fourth-order valence-corrected chi connectivity index (χ4v) is 5.32. The van der Waals surface area contributed by atoms with Gasteiger partial charge in [0.05, 0.1) is 18.1 Å². The minimum atomic E-state index is -1.41. The Bertz CT molecular complexity index is 718. The van der Waals surface area contributed by atoms with Gasteiger partial charge in [-0.2, -0.15) is 0 Å². The van der Waals surface area contributed by atoms with Gasteiger partial charge in [0.2, 0.25) is 5.78 Å². The van der Waals surface area contributed by atoms with Crippen LogP contribution in [0.4, 0.5) is 0 Å². The van der Waals surface area contributed by atoms with Crippen LogP contribution >= 0.6 is 0 Å². The molecule has 0 radical (unpaired) electrons. The van der Waals surface area contributed by atoms with Crippen molar-refractivity contribution in [1.29, 1.82) is 0 Å². The average Bonchev–Trinajstić information content (AvgIpc) is 2.97. The number of Topliss-reactive ketones (excluding diaryl/α,β-unsaturated/α-hetero) is 1. The first kappa shape index (κ1) is 20.3. The normalized spacial score (nSPS) is 47.5. The lowest BCUT2D eigenvalue weighted by Crippen LogP contribution is -2.48. The van der Waals surface area contributed by atoms with Crippen LogP contribution in [0.2, 0.25) is 0 Å². The van der Waals surface area contributed by atoms with Gasteiger partial charge in [-0.05, 0) is 54.6 Å². The number of fused-ring (bicyclic) bond motifs is 2. The summed E-state index contributed by atoms with van der Waals surface area (Å²) in [6, 6.07) is 0. The molecular formula is C22H32O5. The Morgan fingerprint density at radius 3 is 2.41 bits per heavy atom. The van der Waals surface area contributed by atoms with Gasteiger partial charge in [-0.25, -0.2) is 0 Å². The second kappa shape index (κ2) is 6.56. The van der Waals surface area contributed by atoms with Crippen LogP contribution in [0.3, 0.4) is 0 Å². The number of esters is 1. The van der Waals surface area contributed by atoms with Gasteiger partial charge >= 0.3 is 5.97 Å². The fourth-order valence-electron chi connectivity index (χ4n) is 5.32. The molecule has 5 nitrogen and oxygen atoms in total. The largest absolute Gasteiger partial charge is 0.450 e.